The third kappa shape index (κ3) is 1.85. The monoisotopic (exact) mass is 253 g/mol. The second kappa shape index (κ2) is 4.21. The lowest BCUT2D eigenvalue weighted by atomic mass is 10.0. The summed E-state index contributed by atoms with van der Waals surface area (Å²) in [5.74, 6) is -2.96. The van der Waals surface area contributed by atoms with E-state index in [9.17, 15) is 13.6 Å². The predicted octanol–water partition coefficient (Wildman–Crippen LogP) is 2.93. The van der Waals surface area contributed by atoms with Gasteiger partial charge in [0.2, 0.25) is 5.76 Å². The number of hydrogen-bond donors (Lipinski definition) is 1. The quantitative estimate of drug-likeness (QED) is 0.893. The molecule has 0 radical (unpaired) electrons. The average molecular weight is 253 g/mol. The van der Waals surface area contributed by atoms with E-state index in [0.717, 1.165) is 12.1 Å². The van der Waals surface area contributed by atoms with E-state index in [-0.39, 0.29) is 22.4 Å². The molecule has 18 heavy (non-hydrogen) atoms. The fourth-order valence-corrected chi connectivity index (χ4v) is 1.64. The molecule has 0 aliphatic carbocycles. The molecule has 0 fully saturated rings. The van der Waals surface area contributed by atoms with Crippen molar-refractivity contribution in [2.75, 3.05) is 0 Å². The van der Waals surface area contributed by atoms with Gasteiger partial charge in [0.15, 0.2) is 0 Å². The number of halogens is 2. The highest BCUT2D eigenvalue weighted by Gasteiger charge is 2.20. The number of aryl methyl sites for hydroxylation is 1. The Labute approximate surface area is 101 Å². The Kier molecular flexibility index (Phi) is 2.86. The summed E-state index contributed by atoms with van der Waals surface area (Å²) in [4.78, 5) is 10.6. The summed E-state index contributed by atoms with van der Waals surface area (Å²) < 4.78 is 32.0. The number of carboxylic acid groups (broad SMARTS) is 1. The van der Waals surface area contributed by atoms with Crippen LogP contribution in [0.1, 0.15) is 21.7 Å². The van der Waals surface area contributed by atoms with Gasteiger partial charge in [-0.1, -0.05) is 5.16 Å². The average Bonchev–Trinajstić information content (AvgIpc) is 2.76. The number of aromatic carboxylic acids is 1. The molecule has 0 saturated carbocycles. The molecule has 1 aromatic heterocycles. The van der Waals surface area contributed by atoms with E-state index in [1.165, 1.54) is 13.8 Å². The Balaban J connectivity index is 2.66. The van der Waals surface area contributed by atoms with E-state index < -0.39 is 23.4 Å². The molecule has 1 heterocycles. The lowest BCUT2D eigenvalue weighted by molar-refractivity contribution is 0.0652. The normalized spacial score (nSPS) is 10.7. The van der Waals surface area contributed by atoms with Crippen LogP contribution in [-0.2, 0) is 0 Å². The van der Waals surface area contributed by atoms with Crippen LogP contribution in [-0.4, -0.2) is 16.2 Å². The number of hydrogen-bond acceptors (Lipinski definition) is 3. The fourth-order valence-electron chi connectivity index (χ4n) is 1.64. The highest BCUT2D eigenvalue weighted by Crippen LogP contribution is 2.30. The first-order chi connectivity index (χ1) is 8.41. The zero-order valence-electron chi connectivity index (χ0n) is 9.62. The van der Waals surface area contributed by atoms with Gasteiger partial charge >= 0.3 is 5.97 Å². The van der Waals surface area contributed by atoms with Crippen LogP contribution in [0.15, 0.2) is 16.7 Å². The summed E-state index contributed by atoms with van der Waals surface area (Å²) in [5, 5.41) is 12.1. The molecule has 0 saturated heterocycles. The van der Waals surface area contributed by atoms with Crippen LogP contribution in [0.2, 0.25) is 0 Å². The third-order valence-corrected chi connectivity index (χ3v) is 2.62. The van der Waals surface area contributed by atoms with Crippen molar-refractivity contribution in [1.82, 2.24) is 5.16 Å². The predicted molar refractivity (Wildman–Crippen MR) is 58.3 cm³/mol. The molecule has 0 aliphatic rings. The van der Waals surface area contributed by atoms with Gasteiger partial charge < -0.3 is 9.63 Å². The first-order valence-electron chi connectivity index (χ1n) is 5.07. The Morgan fingerprint density at radius 2 is 2.00 bits per heavy atom. The molecule has 1 aromatic carbocycles. The Hall–Kier alpha value is -2.24. The molecule has 0 spiro atoms. The van der Waals surface area contributed by atoms with Crippen molar-refractivity contribution in [3.8, 4) is 11.3 Å². The molecule has 1 N–H and O–H groups in total. The van der Waals surface area contributed by atoms with E-state index >= 15 is 0 Å². The second-order valence-corrected chi connectivity index (χ2v) is 3.87. The van der Waals surface area contributed by atoms with Crippen molar-refractivity contribution in [2.45, 2.75) is 13.8 Å². The van der Waals surface area contributed by atoms with Gasteiger partial charge in [0.25, 0.3) is 0 Å². The molecule has 4 nitrogen and oxygen atoms in total. The molecule has 2 rings (SSSR count). The topological polar surface area (TPSA) is 63.3 Å². The number of aromatic nitrogens is 1. The Bertz CT molecular complexity index is 608. The molecule has 6 heteroatoms. The number of carbonyl (C=O) groups is 1. The maximum Gasteiger partial charge on any atom is 0.374 e. The van der Waals surface area contributed by atoms with E-state index in [1.807, 2.05) is 0 Å². The highest BCUT2D eigenvalue weighted by molar-refractivity contribution is 5.86. The fraction of sp³-hybridized carbons (Fsp3) is 0.167. The van der Waals surface area contributed by atoms with Crippen LogP contribution in [0.3, 0.4) is 0 Å². The number of benzene rings is 1. The Morgan fingerprint density at radius 3 is 2.56 bits per heavy atom. The highest BCUT2D eigenvalue weighted by atomic mass is 19.1. The molecule has 0 bridgehead atoms. The van der Waals surface area contributed by atoms with E-state index in [1.54, 1.807) is 0 Å². The van der Waals surface area contributed by atoms with Crippen molar-refractivity contribution >= 4 is 5.97 Å². The van der Waals surface area contributed by atoms with Gasteiger partial charge in [-0.15, -0.1) is 0 Å². The first-order valence-corrected chi connectivity index (χ1v) is 5.07. The largest absolute Gasteiger partial charge is 0.475 e. The van der Waals surface area contributed by atoms with Crippen molar-refractivity contribution < 1.29 is 23.2 Å². The summed E-state index contributed by atoms with van der Waals surface area (Å²) in [5.41, 5.74) is 0.0602. The molecule has 0 atom stereocenters. The standard InChI is InChI=1S/C12H9F2NO3/c1-5-3-7(13)6(2)10(11(5)14)8-4-9(12(16)17)18-15-8/h3-4H,1-2H3,(H,16,17). The third-order valence-electron chi connectivity index (χ3n) is 2.62. The van der Waals surface area contributed by atoms with Crippen molar-refractivity contribution in [1.29, 1.82) is 0 Å². The van der Waals surface area contributed by atoms with Crippen LogP contribution in [0.4, 0.5) is 8.78 Å². The molecule has 0 amide bonds. The summed E-state index contributed by atoms with van der Waals surface area (Å²) in [7, 11) is 0. The molecule has 94 valence electrons. The van der Waals surface area contributed by atoms with E-state index in [2.05, 4.69) is 9.68 Å². The van der Waals surface area contributed by atoms with Gasteiger partial charge in [-0.3, -0.25) is 0 Å². The lowest BCUT2D eigenvalue weighted by Crippen LogP contribution is -1.97. The summed E-state index contributed by atoms with van der Waals surface area (Å²) in [6.45, 7) is 2.81. The van der Waals surface area contributed by atoms with Gasteiger partial charge in [0.1, 0.15) is 17.3 Å². The van der Waals surface area contributed by atoms with E-state index in [0.29, 0.717) is 0 Å². The van der Waals surface area contributed by atoms with Crippen molar-refractivity contribution in [3.05, 3.63) is 40.7 Å². The molecular weight excluding hydrogens is 244 g/mol. The minimum absolute atomic E-state index is 0.0370. The zero-order valence-corrected chi connectivity index (χ0v) is 9.62. The lowest BCUT2D eigenvalue weighted by Gasteiger charge is -2.07. The number of carboxylic acids is 1. The summed E-state index contributed by atoms with van der Waals surface area (Å²) in [6, 6.07) is 2.14. The number of rotatable bonds is 2. The SMILES string of the molecule is Cc1cc(F)c(C)c(-c2cc(C(=O)O)on2)c1F. The molecular formula is C12H9F2NO3. The minimum atomic E-state index is -1.32. The van der Waals surface area contributed by atoms with Crippen LogP contribution in [0.5, 0.6) is 0 Å². The molecule has 0 aliphatic heterocycles. The van der Waals surface area contributed by atoms with Crippen LogP contribution in [0.25, 0.3) is 11.3 Å². The zero-order chi connectivity index (χ0) is 13.4. The van der Waals surface area contributed by atoms with Crippen molar-refractivity contribution in [3.63, 3.8) is 0 Å². The smallest absolute Gasteiger partial charge is 0.374 e. The maximum absolute atomic E-state index is 13.9. The first kappa shape index (κ1) is 12.2. The minimum Gasteiger partial charge on any atom is -0.475 e. The molecule has 0 unspecified atom stereocenters. The second-order valence-electron chi connectivity index (χ2n) is 3.87. The van der Waals surface area contributed by atoms with Gasteiger partial charge in [-0.25, -0.2) is 13.6 Å². The Morgan fingerprint density at radius 1 is 1.33 bits per heavy atom. The summed E-state index contributed by atoms with van der Waals surface area (Å²) in [6.07, 6.45) is 0. The van der Waals surface area contributed by atoms with Gasteiger partial charge in [0.05, 0.1) is 0 Å². The maximum atomic E-state index is 13.9. The van der Waals surface area contributed by atoms with Crippen LogP contribution in [0, 0.1) is 25.5 Å². The van der Waals surface area contributed by atoms with Gasteiger partial charge in [-0.2, -0.15) is 0 Å². The van der Waals surface area contributed by atoms with Gasteiger partial charge in [-0.05, 0) is 31.0 Å². The number of nitrogens with zero attached hydrogens (tertiary/aromatic N) is 1. The van der Waals surface area contributed by atoms with Gasteiger partial charge in [0, 0.05) is 11.6 Å². The summed E-state index contributed by atoms with van der Waals surface area (Å²) >= 11 is 0. The molecule has 2 aromatic rings. The van der Waals surface area contributed by atoms with Crippen LogP contribution >= 0.6 is 0 Å². The van der Waals surface area contributed by atoms with E-state index in [4.69, 9.17) is 5.11 Å². The van der Waals surface area contributed by atoms with Crippen LogP contribution < -0.4 is 0 Å². The van der Waals surface area contributed by atoms with Crippen molar-refractivity contribution in [2.24, 2.45) is 0 Å².